The Morgan fingerprint density at radius 1 is 1.39 bits per heavy atom. The molecular weight excluding hydrogens is 431 g/mol. The van der Waals surface area contributed by atoms with E-state index in [1.807, 2.05) is 34.7 Å². The van der Waals surface area contributed by atoms with Crippen LogP contribution in [0.2, 0.25) is 0 Å². The van der Waals surface area contributed by atoms with Crippen molar-refractivity contribution >= 4 is 61.2 Å². The first-order chi connectivity index (χ1) is 8.56. The van der Waals surface area contributed by atoms with Crippen LogP contribution < -0.4 is 5.32 Å². The number of halogens is 2. The van der Waals surface area contributed by atoms with Gasteiger partial charge < -0.3 is 5.32 Å². The van der Waals surface area contributed by atoms with Gasteiger partial charge in [-0.15, -0.1) is 11.3 Å². The highest BCUT2D eigenvalue weighted by atomic mass is 127. The number of nitro benzene ring substituents is 1. The molecule has 2 aromatic rings. The van der Waals surface area contributed by atoms with Crippen molar-refractivity contribution in [2.75, 3.05) is 5.32 Å². The third-order valence-corrected chi connectivity index (χ3v) is 4.73. The number of nitrogens with one attached hydrogen (secondary N) is 1. The lowest BCUT2D eigenvalue weighted by Crippen LogP contribution is -1.99. The van der Waals surface area contributed by atoms with Crippen molar-refractivity contribution in [3.05, 3.63) is 52.7 Å². The number of benzene rings is 1. The molecular formula is C11H8BrIN2O2S. The molecule has 7 heteroatoms. The number of rotatable bonds is 4. The fourth-order valence-corrected chi connectivity index (χ4v) is 3.54. The van der Waals surface area contributed by atoms with Crippen LogP contribution in [0.25, 0.3) is 0 Å². The summed E-state index contributed by atoms with van der Waals surface area (Å²) >= 11 is 7.05. The first-order valence-corrected chi connectivity index (χ1v) is 7.67. The second kappa shape index (κ2) is 5.98. The van der Waals surface area contributed by atoms with Crippen molar-refractivity contribution in [2.45, 2.75) is 6.54 Å². The van der Waals surface area contributed by atoms with E-state index in [2.05, 4.69) is 21.2 Å². The molecule has 0 aliphatic heterocycles. The molecule has 2 rings (SSSR count). The third-order valence-electron chi connectivity index (χ3n) is 2.24. The van der Waals surface area contributed by atoms with E-state index >= 15 is 0 Å². The maximum absolute atomic E-state index is 10.7. The van der Waals surface area contributed by atoms with E-state index < -0.39 is 0 Å². The first kappa shape index (κ1) is 13.8. The van der Waals surface area contributed by atoms with Gasteiger partial charge in [0.05, 0.1) is 12.3 Å². The van der Waals surface area contributed by atoms with Gasteiger partial charge in [0.2, 0.25) is 0 Å². The average Bonchev–Trinajstić information content (AvgIpc) is 2.72. The predicted molar refractivity (Wildman–Crippen MR) is 85.2 cm³/mol. The summed E-state index contributed by atoms with van der Waals surface area (Å²) in [5.41, 5.74) is 1.02. The molecule has 94 valence electrons. The summed E-state index contributed by atoms with van der Waals surface area (Å²) in [7, 11) is 0. The van der Waals surface area contributed by atoms with Gasteiger partial charge in [0, 0.05) is 23.2 Å². The Labute approximate surface area is 130 Å². The van der Waals surface area contributed by atoms with Gasteiger partial charge in [-0.3, -0.25) is 10.1 Å². The smallest absolute Gasteiger partial charge is 0.282 e. The van der Waals surface area contributed by atoms with Gasteiger partial charge in [-0.05, 0) is 62.8 Å². The SMILES string of the molecule is O=[N+]([O-])c1ccc(NCc2ccc(Br)s2)cc1I. The molecule has 4 nitrogen and oxygen atoms in total. The van der Waals surface area contributed by atoms with Crippen LogP contribution in [0.5, 0.6) is 0 Å². The summed E-state index contributed by atoms with van der Waals surface area (Å²) in [4.78, 5) is 11.5. The van der Waals surface area contributed by atoms with Crippen LogP contribution >= 0.6 is 49.9 Å². The molecule has 0 aliphatic carbocycles. The Hall–Kier alpha value is -0.670. The largest absolute Gasteiger partial charge is 0.380 e. The van der Waals surface area contributed by atoms with Crippen molar-refractivity contribution in [3.8, 4) is 0 Å². The lowest BCUT2D eigenvalue weighted by Gasteiger charge is -2.05. The van der Waals surface area contributed by atoms with E-state index in [1.165, 1.54) is 10.9 Å². The lowest BCUT2D eigenvalue weighted by atomic mass is 10.3. The lowest BCUT2D eigenvalue weighted by molar-refractivity contribution is -0.385. The standard InChI is InChI=1S/C11H8BrIN2O2S/c12-11-4-2-8(18-11)6-14-7-1-3-10(15(16)17)9(13)5-7/h1-5,14H,6H2. The third kappa shape index (κ3) is 3.42. The van der Waals surface area contributed by atoms with Crippen LogP contribution in [0.3, 0.4) is 0 Å². The van der Waals surface area contributed by atoms with Crippen LogP contribution in [0.1, 0.15) is 4.88 Å². The van der Waals surface area contributed by atoms with Gasteiger partial charge in [-0.1, -0.05) is 0 Å². The topological polar surface area (TPSA) is 55.2 Å². The molecule has 0 atom stereocenters. The fourth-order valence-electron chi connectivity index (χ4n) is 1.40. The quantitative estimate of drug-likeness (QED) is 0.430. The Morgan fingerprint density at radius 2 is 2.17 bits per heavy atom. The number of nitrogens with zero attached hydrogens (tertiary/aromatic N) is 1. The molecule has 0 spiro atoms. The maximum atomic E-state index is 10.7. The van der Waals surface area contributed by atoms with Crippen molar-refractivity contribution in [1.82, 2.24) is 0 Å². The molecule has 1 aromatic heterocycles. The molecule has 18 heavy (non-hydrogen) atoms. The van der Waals surface area contributed by atoms with Gasteiger partial charge in [0.25, 0.3) is 5.69 Å². The first-order valence-electron chi connectivity index (χ1n) is 4.98. The summed E-state index contributed by atoms with van der Waals surface area (Å²) in [6, 6.07) is 9.07. The molecule has 0 aliphatic rings. The number of hydrogen-bond acceptors (Lipinski definition) is 4. The molecule has 1 heterocycles. The van der Waals surface area contributed by atoms with Crippen molar-refractivity contribution < 1.29 is 4.92 Å². The van der Waals surface area contributed by atoms with Crippen LogP contribution in [0.15, 0.2) is 34.1 Å². The molecule has 0 unspecified atom stereocenters. The zero-order valence-corrected chi connectivity index (χ0v) is 13.6. The van der Waals surface area contributed by atoms with Crippen molar-refractivity contribution in [3.63, 3.8) is 0 Å². The summed E-state index contributed by atoms with van der Waals surface area (Å²) in [5, 5.41) is 13.9. The maximum Gasteiger partial charge on any atom is 0.282 e. The normalized spacial score (nSPS) is 10.3. The Morgan fingerprint density at radius 3 is 2.72 bits per heavy atom. The molecule has 0 bridgehead atoms. The average molecular weight is 439 g/mol. The minimum absolute atomic E-state index is 0.139. The highest BCUT2D eigenvalue weighted by Gasteiger charge is 2.11. The molecule has 0 fully saturated rings. The highest BCUT2D eigenvalue weighted by Crippen LogP contribution is 2.26. The summed E-state index contributed by atoms with van der Waals surface area (Å²) in [6.45, 7) is 0.712. The number of thiophene rings is 1. The Balaban J connectivity index is 2.06. The summed E-state index contributed by atoms with van der Waals surface area (Å²) in [5.74, 6) is 0. The molecule has 0 saturated carbocycles. The minimum atomic E-state index is -0.373. The molecule has 1 aromatic carbocycles. The zero-order chi connectivity index (χ0) is 13.1. The van der Waals surface area contributed by atoms with E-state index in [0.29, 0.717) is 10.1 Å². The predicted octanol–water partition coefficient (Wildman–Crippen LogP) is 4.64. The van der Waals surface area contributed by atoms with Crippen LogP contribution in [0.4, 0.5) is 11.4 Å². The van der Waals surface area contributed by atoms with E-state index in [1.54, 1.807) is 23.5 Å². The van der Waals surface area contributed by atoms with Crippen LogP contribution in [-0.4, -0.2) is 4.92 Å². The highest BCUT2D eigenvalue weighted by molar-refractivity contribution is 14.1. The van der Waals surface area contributed by atoms with Gasteiger partial charge >= 0.3 is 0 Å². The Kier molecular flexibility index (Phi) is 4.57. The zero-order valence-electron chi connectivity index (χ0n) is 9.02. The summed E-state index contributed by atoms with van der Waals surface area (Å²) < 4.78 is 1.73. The number of hydrogen-bond donors (Lipinski definition) is 1. The number of nitro groups is 1. The molecule has 0 amide bonds. The van der Waals surface area contributed by atoms with E-state index in [-0.39, 0.29) is 10.6 Å². The van der Waals surface area contributed by atoms with E-state index in [4.69, 9.17) is 0 Å². The van der Waals surface area contributed by atoms with Crippen LogP contribution in [0, 0.1) is 13.7 Å². The van der Waals surface area contributed by atoms with Crippen molar-refractivity contribution in [1.29, 1.82) is 0 Å². The monoisotopic (exact) mass is 438 g/mol. The number of anilines is 1. The fraction of sp³-hybridized carbons (Fsp3) is 0.0909. The van der Waals surface area contributed by atoms with Gasteiger partial charge in [0.1, 0.15) is 0 Å². The minimum Gasteiger partial charge on any atom is -0.380 e. The van der Waals surface area contributed by atoms with Gasteiger partial charge in [0.15, 0.2) is 0 Å². The molecule has 1 N–H and O–H groups in total. The summed E-state index contributed by atoms with van der Waals surface area (Å²) in [6.07, 6.45) is 0. The van der Waals surface area contributed by atoms with Crippen LogP contribution in [-0.2, 0) is 6.54 Å². The van der Waals surface area contributed by atoms with Crippen molar-refractivity contribution in [2.24, 2.45) is 0 Å². The van der Waals surface area contributed by atoms with E-state index in [9.17, 15) is 10.1 Å². The molecule has 0 saturated heterocycles. The Bertz CT molecular complexity index is 588. The van der Waals surface area contributed by atoms with Gasteiger partial charge in [-0.25, -0.2) is 0 Å². The second-order valence-corrected chi connectivity index (χ2v) is 7.19. The van der Waals surface area contributed by atoms with Gasteiger partial charge in [-0.2, -0.15) is 0 Å². The second-order valence-electron chi connectivity index (χ2n) is 3.48. The van der Waals surface area contributed by atoms with E-state index in [0.717, 1.165) is 9.47 Å². The molecule has 0 radical (unpaired) electrons.